The molecule has 1 aromatic rings. The number of esters is 1. The number of rotatable bonds is 11. The Kier molecular flexibility index (Phi) is 12.1. The number of likely N-dealkylation sites (tertiary alicyclic amines) is 2. The van der Waals surface area contributed by atoms with Crippen LogP contribution in [0.1, 0.15) is 104 Å². The van der Waals surface area contributed by atoms with Gasteiger partial charge in [0.25, 0.3) is 0 Å². The van der Waals surface area contributed by atoms with Crippen LogP contribution in [0, 0.1) is 11.8 Å². The molecule has 0 aromatic heterocycles. The van der Waals surface area contributed by atoms with Gasteiger partial charge >= 0.3 is 5.97 Å². The molecule has 0 saturated carbocycles. The number of carbonyl (C=O) groups is 4. The van der Waals surface area contributed by atoms with E-state index in [-0.39, 0.29) is 59.8 Å². The monoisotopic (exact) mass is 636 g/mol. The predicted molar refractivity (Wildman–Crippen MR) is 180 cm³/mol. The highest BCUT2D eigenvalue weighted by atomic mass is 16.5. The van der Waals surface area contributed by atoms with E-state index in [2.05, 4.69) is 30.1 Å². The molecule has 2 heterocycles. The fourth-order valence-electron chi connectivity index (χ4n) is 7.40. The number of fused-ring (bicyclic) bond motifs is 1. The summed E-state index contributed by atoms with van der Waals surface area (Å²) >= 11 is 0. The van der Waals surface area contributed by atoms with E-state index in [9.17, 15) is 19.2 Å². The van der Waals surface area contributed by atoms with Crippen molar-refractivity contribution in [2.75, 3.05) is 20.1 Å². The van der Waals surface area contributed by atoms with E-state index < -0.39 is 12.1 Å². The zero-order valence-electron chi connectivity index (χ0n) is 29.3. The molecule has 0 spiro atoms. The van der Waals surface area contributed by atoms with Gasteiger partial charge in [0.2, 0.25) is 17.7 Å². The first-order valence-electron chi connectivity index (χ1n) is 17.4. The molecule has 1 aliphatic carbocycles. The summed E-state index contributed by atoms with van der Waals surface area (Å²) in [5.41, 5.74) is 2.76. The summed E-state index contributed by atoms with van der Waals surface area (Å²) in [7, 11) is 1.75. The number of ether oxygens (including phenoxy) is 1. The Morgan fingerprint density at radius 2 is 1.61 bits per heavy atom. The number of benzene rings is 1. The van der Waals surface area contributed by atoms with Gasteiger partial charge in [0, 0.05) is 25.2 Å². The van der Waals surface area contributed by atoms with Crippen LogP contribution < -0.4 is 5.32 Å². The van der Waals surface area contributed by atoms with Crippen LogP contribution in [0.3, 0.4) is 0 Å². The van der Waals surface area contributed by atoms with Gasteiger partial charge in [-0.1, -0.05) is 64.5 Å². The Labute approximate surface area is 276 Å². The Hall–Kier alpha value is -3.20. The molecular formula is C37H56N4O5. The van der Waals surface area contributed by atoms with Crippen molar-refractivity contribution in [3.63, 3.8) is 0 Å². The molecule has 3 amide bonds. The number of hydrogen-bond donors (Lipinski definition) is 1. The van der Waals surface area contributed by atoms with Crippen molar-refractivity contribution in [2.45, 2.75) is 130 Å². The van der Waals surface area contributed by atoms with Crippen LogP contribution >= 0.6 is 0 Å². The summed E-state index contributed by atoms with van der Waals surface area (Å²) < 4.78 is 5.97. The number of carbonyl (C=O) groups excluding carboxylic acids is 4. The maximum absolute atomic E-state index is 14.0. The molecule has 254 valence electrons. The lowest BCUT2D eigenvalue weighted by Gasteiger charge is -2.39. The fraction of sp³-hybridized carbons (Fsp3) is 0.676. The second kappa shape index (κ2) is 15.6. The number of nitrogens with zero attached hydrogens (tertiary/aromatic N) is 3. The molecule has 4 unspecified atom stereocenters. The number of likely N-dealkylation sites (N-methyl/N-ethyl adjacent to an activating group) is 1. The molecule has 2 fully saturated rings. The number of aryl methyl sites for hydroxylation is 1. The van der Waals surface area contributed by atoms with Crippen LogP contribution in [-0.4, -0.2) is 88.7 Å². The molecule has 3 aliphatic rings. The van der Waals surface area contributed by atoms with E-state index in [1.807, 2.05) is 52.0 Å². The van der Waals surface area contributed by atoms with Crippen LogP contribution in [0.15, 0.2) is 35.9 Å². The van der Waals surface area contributed by atoms with E-state index in [0.717, 1.165) is 50.6 Å². The quantitative estimate of drug-likeness (QED) is 0.270. The Morgan fingerprint density at radius 1 is 0.913 bits per heavy atom. The number of nitrogens with one attached hydrogen (secondary N) is 1. The molecule has 4 rings (SSSR count). The van der Waals surface area contributed by atoms with Crippen LogP contribution in [0.2, 0.25) is 0 Å². The van der Waals surface area contributed by atoms with E-state index >= 15 is 0 Å². The average Bonchev–Trinajstić information content (AvgIpc) is 3.68. The normalized spacial score (nSPS) is 23.4. The van der Waals surface area contributed by atoms with Crippen LogP contribution in [-0.2, 0) is 30.3 Å². The first-order valence-corrected chi connectivity index (χ1v) is 17.4. The molecule has 0 radical (unpaired) electrons. The Bertz CT molecular complexity index is 1290. The van der Waals surface area contributed by atoms with Gasteiger partial charge in [0.1, 0.15) is 18.2 Å². The van der Waals surface area contributed by atoms with Crippen molar-refractivity contribution >= 4 is 23.7 Å². The van der Waals surface area contributed by atoms with Gasteiger partial charge < -0.3 is 19.9 Å². The molecule has 2 saturated heterocycles. The van der Waals surface area contributed by atoms with Gasteiger partial charge in [-0.25, -0.2) is 4.79 Å². The van der Waals surface area contributed by atoms with Crippen molar-refractivity contribution in [1.82, 2.24) is 20.0 Å². The van der Waals surface area contributed by atoms with Gasteiger partial charge in [-0.2, -0.15) is 0 Å². The summed E-state index contributed by atoms with van der Waals surface area (Å²) in [5.74, 6) is -0.931. The highest BCUT2D eigenvalue weighted by Gasteiger charge is 2.39. The summed E-state index contributed by atoms with van der Waals surface area (Å²) in [4.78, 5) is 60.1. The molecule has 9 nitrogen and oxygen atoms in total. The maximum atomic E-state index is 14.0. The standard InChI is InChI=1S/C37H56N4O5/c1-23(2)31(39(8)36(44)33(24(3)4)38-34(42)29-16-11-12-20-40(29)25(5)6)22-26(7)35(43)41-21-13-17-30(41)37(45)46-32-19-18-27-14-9-10-15-28(27)32/h9-10,14-15,22-25,29-33H,11-13,16-21H2,1-8H3,(H,38,42)/b26-22+/t29?,30?,31-,32?,33?/m1/s1. The second-order valence-corrected chi connectivity index (χ2v) is 14.4. The highest BCUT2D eigenvalue weighted by Crippen LogP contribution is 2.35. The van der Waals surface area contributed by atoms with E-state index in [1.165, 1.54) is 5.56 Å². The van der Waals surface area contributed by atoms with Gasteiger partial charge in [-0.15, -0.1) is 0 Å². The number of hydrogen-bond acceptors (Lipinski definition) is 6. The van der Waals surface area contributed by atoms with Crippen LogP contribution in [0.4, 0.5) is 0 Å². The van der Waals surface area contributed by atoms with Gasteiger partial charge in [0.15, 0.2) is 0 Å². The molecule has 1 N–H and O–H groups in total. The lowest BCUT2D eigenvalue weighted by atomic mass is 9.95. The molecule has 5 atom stereocenters. The lowest BCUT2D eigenvalue weighted by molar-refractivity contribution is -0.157. The molecule has 1 aromatic carbocycles. The SMILES string of the molecule is C/C(=C\[C@H](C(C)C)N(C)C(=O)C(NC(=O)C1CCCCN1C(C)C)C(C)C)C(=O)N1CCCC1C(=O)OC1CCc2ccccc21. The fourth-order valence-corrected chi connectivity index (χ4v) is 7.40. The van der Waals surface area contributed by atoms with E-state index in [4.69, 9.17) is 4.74 Å². The third-order valence-electron chi connectivity index (χ3n) is 10.1. The van der Waals surface area contributed by atoms with Gasteiger partial charge in [0.05, 0.1) is 12.1 Å². The minimum Gasteiger partial charge on any atom is -0.456 e. The summed E-state index contributed by atoms with van der Waals surface area (Å²) in [5, 5.41) is 3.10. The first kappa shape index (κ1) is 35.7. The third kappa shape index (κ3) is 8.01. The van der Waals surface area contributed by atoms with Crippen molar-refractivity contribution < 1.29 is 23.9 Å². The van der Waals surface area contributed by atoms with Crippen LogP contribution in [0.5, 0.6) is 0 Å². The van der Waals surface area contributed by atoms with Crippen molar-refractivity contribution in [3.8, 4) is 0 Å². The minimum atomic E-state index is -0.683. The van der Waals surface area contributed by atoms with Crippen molar-refractivity contribution in [1.29, 1.82) is 0 Å². The molecule has 46 heavy (non-hydrogen) atoms. The molecule has 9 heteroatoms. The third-order valence-corrected chi connectivity index (χ3v) is 10.1. The Morgan fingerprint density at radius 3 is 2.28 bits per heavy atom. The predicted octanol–water partition coefficient (Wildman–Crippen LogP) is 5.04. The zero-order chi connectivity index (χ0) is 33.7. The molecule has 0 bridgehead atoms. The van der Waals surface area contributed by atoms with Gasteiger partial charge in [-0.05, 0) is 88.8 Å². The summed E-state index contributed by atoms with van der Waals surface area (Å²) in [6, 6.07) is 6.39. The van der Waals surface area contributed by atoms with Crippen molar-refractivity contribution in [2.24, 2.45) is 11.8 Å². The number of piperidine rings is 1. The second-order valence-electron chi connectivity index (χ2n) is 14.4. The average molecular weight is 637 g/mol. The highest BCUT2D eigenvalue weighted by molar-refractivity contribution is 5.96. The Balaban J connectivity index is 1.44. The smallest absolute Gasteiger partial charge is 0.329 e. The maximum Gasteiger partial charge on any atom is 0.329 e. The first-order chi connectivity index (χ1) is 21.8. The van der Waals surface area contributed by atoms with E-state index in [0.29, 0.717) is 18.5 Å². The summed E-state index contributed by atoms with van der Waals surface area (Å²) in [6.45, 7) is 15.3. The number of amides is 3. The zero-order valence-corrected chi connectivity index (χ0v) is 29.3. The van der Waals surface area contributed by atoms with Crippen molar-refractivity contribution in [3.05, 3.63) is 47.0 Å². The van der Waals surface area contributed by atoms with Gasteiger partial charge in [-0.3, -0.25) is 19.3 Å². The lowest BCUT2D eigenvalue weighted by Crippen LogP contribution is -2.58. The largest absolute Gasteiger partial charge is 0.456 e. The molecular weight excluding hydrogens is 580 g/mol. The summed E-state index contributed by atoms with van der Waals surface area (Å²) in [6.07, 6.45) is 7.38. The molecule has 2 aliphatic heterocycles. The minimum absolute atomic E-state index is 0.0109. The topological polar surface area (TPSA) is 99.3 Å². The van der Waals surface area contributed by atoms with Crippen LogP contribution in [0.25, 0.3) is 0 Å². The van der Waals surface area contributed by atoms with E-state index in [1.54, 1.807) is 23.8 Å².